The summed E-state index contributed by atoms with van der Waals surface area (Å²) in [4.78, 5) is 12.0. The van der Waals surface area contributed by atoms with Crippen molar-refractivity contribution in [2.75, 3.05) is 13.1 Å². The number of carbonyl (C=O) groups excluding carboxylic acids is 1. The summed E-state index contributed by atoms with van der Waals surface area (Å²) in [7, 11) is -3.72. The second-order valence-corrected chi connectivity index (χ2v) is 8.18. The lowest BCUT2D eigenvalue weighted by Gasteiger charge is -2.23. The number of sulfonamides is 1. The third-order valence-corrected chi connectivity index (χ3v) is 6.11. The van der Waals surface area contributed by atoms with Crippen molar-refractivity contribution in [2.24, 2.45) is 5.92 Å². The Morgan fingerprint density at radius 1 is 1.30 bits per heavy atom. The Bertz CT molecular complexity index is 635. The molecule has 1 atom stereocenters. The first-order chi connectivity index (χ1) is 10.8. The first-order valence-electron chi connectivity index (χ1n) is 8.11. The summed E-state index contributed by atoms with van der Waals surface area (Å²) in [6, 6.07) is 6.61. The van der Waals surface area contributed by atoms with E-state index in [0.717, 1.165) is 18.4 Å². The molecular formula is C17H25NO4S. The fraction of sp³-hybridized carbons (Fsp3) is 0.588. The summed E-state index contributed by atoms with van der Waals surface area (Å²) >= 11 is 0. The van der Waals surface area contributed by atoms with Crippen molar-refractivity contribution >= 4 is 15.8 Å². The molecule has 0 aromatic heterocycles. The van der Waals surface area contributed by atoms with Gasteiger partial charge in [-0.25, -0.2) is 8.42 Å². The number of aryl methyl sites for hydroxylation is 1. The first kappa shape index (κ1) is 18.1. The third-order valence-electron chi connectivity index (χ3n) is 4.25. The van der Waals surface area contributed by atoms with Gasteiger partial charge in [-0.2, -0.15) is 4.31 Å². The largest absolute Gasteiger partial charge is 0.393 e. The van der Waals surface area contributed by atoms with Crippen LogP contribution in [0.3, 0.4) is 0 Å². The molecule has 2 rings (SSSR count). The molecule has 1 N–H and O–H groups in total. The van der Waals surface area contributed by atoms with Gasteiger partial charge in [0.05, 0.1) is 17.5 Å². The lowest BCUT2D eigenvalue weighted by molar-refractivity contribution is -0.119. The van der Waals surface area contributed by atoms with Crippen LogP contribution < -0.4 is 0 Å². The number of Topliss-reactive ketones (excluding diaryl/α,β-unsaturated/α-hetero) is 1. The fourth-order valence-electron chi connectivity index (χ4n) is 2.44. The highest BCUT2D eigenvalue weighted by molar-refractivity contribution is 7.89. The minimum Gasteiger partial charge on any atom is -0.393 e. The number of hydrogen-bond donors (Lipinski definition) is 1. The van der Waals surface area contributed by atoms with Crippen LogP contribution in [0.2, 0.25) is 0 Å². The molecule has 0 amide bonds. The maximum absolute atomic E-state index is 12.8. The van der Waals surface area contributed by atoms with Gasteiger partial charge in [0, 0.05) is 13.0 Å². The van der Waals surface area contributed by atoms with Crippen LogP contribution in [0.25, 0.3) is 0 Å². The summed E-state index contributed by atoms with van der Waals surface area (Å²) in [5.74, 6) is 0.169. The molecule has 1 aromatic carbocycles. The number of benzene rings is 1. The van der Waals surface area contributed by atoms with Crippen molar-refractivity contribution < 1.29 is 18.3 Å². The molecule has 23 heavy (non-hydrogen) atoms. The molecule has 1 unspecified atom stereocenters. The van der Waals surface area contributed by atoms with E-state index in [1.807, 2.05) is 6.92 Å². The summed E-state index contributed by atoms with van der Waals surface area (Å²) in [6.07, 6.45) is 2.18. The molecule has 1 saturated carbocycles. The number of carbonyl (C=O) groups is 1. The summed E-state index contributed by atoms with van der Waals surface area (Å²) in [5, 5.41) is 10.00. The summed E-state index contributed by atoms with van der Waals surface area (Å²) in [5.41, 5.74) is 0.976. The summed E-state index contributed by atoms with van der Waals surface area (Å²) in [6.45, 7) is 3.64. The topological polar surface area (TPSA) is 74.7 Å². The monoisotopic (exact) mass is 339 g/mol. The smallest absolute Gasteiger partial charge is 0.243 e. The molecule has 1 aliphatic rings. The van der Waals surface area contributed by atoms with E-state index in [9.17, 15) is 18.3 Å². The Hall–Kier alpha value is -1.24. The summed E-state index contributed by atoms with van der Waals surface area (Å²) < 4.78 is 26.8. The molecule has 1 aromatic rings. The average molecular weight is 339 g/mol. The van der Waals surface area contributed by atoms with E-state index < -0.39 is 16.1 Å². The molecule has 6 heteroatoms. The maximum atomic E-state index is 12.8. The van der Waals surface area contributed by atoms with Crippen LogP contribution >= 0.6 is 0 Å². The predicted molar refractivity (Wildman–Crippen MR) is 88.6 cm³/mol. The van der Waals surface area contributed by atoms with Gasteiger partial charge < -0.3 is 5.11 Å². The van der Waals surface area contributed by atoms with Crippen LogP contribution in [0.4, 0.5) is 0 Å². The molecule has 0 radical (unpaired) electrons. The van der Waals surface area contributed by atoms with E-state index in [4.69, 9.17) is 0 Å². The zero-order chi connectivity index (χ0) is 17.0. The number of nitrogens with zero attached hydrogens (tertiary/aromatic N) is 1. The van der Waals surface area contributed by atoms with Crippen LogP contribution in [0.1, 0.15) is 38.2 Å². The van der Waals surface area contributed by atoms with Gasteiger partial charge in [0.25, 0.3) is 0 Å². The van der Waals surface area contributed by atoms with Crippen LogP contribution in [-0.4, -0.2) is 42.8 Å². The zero-order valence-corrected chi connectivity index (χ0v) is 14.6. The molecule has 1 fully saturated rings. The Kier molecular flexibility index (Phi) is 5.95. The highest BCUT2D eigenvalue weighted by atomic mass is 32.2. The van der Waals surface area contributed by atoms with E-state index >= 15 is 0 Å². The maximum Gasteiger partial charge on any atom is 0.243 e. The number of hydrogen-bond acceptors (Lipinski definition) is 4. The molecule has 1 aliphatic carbocycles. The third kappa shape index (κ3) is 4.86. The zero-order valence-electron chi connectivity index (χ0n) is 13.7. The molecule has 128 valence electrons. The Labute approximate surface area is 138 Å². The molecule has 0 aliphatic heterocycles. The fourth-order valence-corrected chi connectivity index (χ4v) is 3.88. The van der Waals surface area contributed by atoms with Gasteiger partial charge >= 0.3 is 0 Å². The van der Waals surface area contributed by atoms with Gasteiger partial charge in [-0.05, 0) is 44.2 Å². The Morgan fingerprint density at radius 3 is 2.43 bits per heavy atom. The number of aliphatic hydroxyl groups excluding tert-OH is 1. The minimum atomic E-state index is -3.72. The van der Waals surface area contributed by atoms with Crippen LogP contribution in [0, 0.1) is 12.8 Å². The van der Waals surface area contributed by atoms with Gasteiger partial charge in [0.15, 0.2) is 0 Å². The van der Waals surface area contributed by atoms with E-state index in [1.54, 1.807) is 31.2 Å². The van der Waals surface area contributed by atoms with Crippen LogP contribution in [0.15, 0.2) is 29.2 Å². The first-order valence-corrected chi connectivity index (χ1v) is 9.55. The lowest BCUT2D eigenvalue weighted by atomic mass is 10.1. The van der Waals surface area contributed by atoms with Gasteiger partial charge in [0.1, 0.15) is 5.78 Å². The van der Waals surface area contributed by atoms with Crippen molar-refractivity contribution in [3.63, 3.8) is 0 Å². The van der Waals surface area contributed by atoms with Gasteiger partial charge in [-0.3, -0.25) is 4.79 Å². The Morgan fingerprint density at radius 2 is 1.91 bits per heavy atom. The van der Waals surface area contributed by atoms with E-state index in [-0.39, 0.29) is 23.8 Å². The van der Waals surface area contributed by atoms with Gasteiger partial charge in [-0.1, -0.05) is 24.6 Å². The average Bonchev–Trinajstić information content (AvgIpc) is 3.35. The molecule has 0 spiro atoms. The van der Waals surface area contributed by atoms with E-state index in [0.29, 0.717) is 18.8 Å². The standard InChI is InChI=1S/C17H25NO4S/c1-3-15(19)12-18(11-10-17(20)14-6-7-14)23(21,22)16-8-4-13(2)5-9-16/h4-5,8-9,14,17,20H,3,6-7,10-12H2,1-2H3. The lowest BCUT2D eigenvalue weighted by Crippen LogP contribution is -2.37. The predicted octanol–water partition coefficient (Wildman–Crippen LogP) is 2.13. The number of aliphatic hydroxyl groups is 1. The second-order valence-electron chi connectivity index (χ2n) is 6.24. The van der Waals surface area contributed by atoms with Crippen molar-refractivity contribution in [1.82, 2.24) is 4.31 Å². The van der Waals surface area contributed by atoms with Crippen molar-refractivity contribution in [2.45, 2.75) is 50.5 Å². The van der Waals surface area contributed by atoms with E-state index in [2.05, 4.69) is 0 Å². The normalized spacial score (nSPS) is 16.5. The molecule has 5 nitrogen and oxygen atoms in total. The highest BCUT2D eigenvalue weighted by Gasteiger charge is 2.32. The van der Waals surface area contributed by atoms with Crippen molar-refractivity contribution in [1.29, 1.82) is 0 Å². The van der Waals surface area contributed by atoms with Crippen molar-refractivity contribution in [3.05, 3.63) is 29.8 Å². The number of rotatable bonds is 9. The van der Waals surface area contributed by atoms with Crippen LogP contribution in [0.5, 0.6) is 0 Å². The minimum absolute atomic E-state index is 0.124. The van der Waals surface area contributed by atoms with Gasteiger partial charge in [-0.15, -0.1) is 0 Å². The molecule has 0 bridgehead atoms. The number of ketones is 1. The highest BCUT2D eigenvalue weighted by Crippen LogP contribution is 2.34. The second kappa shape index (κ2) is 7.55. The Balaban J connectivity index is 2.15. The quantitative estimate of drug-likeness (QED) is 0.748. The SMILES string of the molecule is CCC(=O)CN(CCC(O)C1CC1)S(=O)(=O)c1ccc(C)cc1. The van der Waals surface area contributed by atoms with E-state index in [1.165, 1.54) is 4.31 Å². The molecule has 0 saturated heterocycles. The van der Waals surface area contributed by atoms with Crippen LogP contribution in [-0.2, 0) is 14.8 Å². The molecule has 0 heterocycles. The van der Waals surface area contributed by atoms with Crippen molar-refractivity contribution in [3.8, 4) is 0 Å². The van der Waals surface area contributed by atoms with Gasteiger partial charge in [0.2, 0.25) is 10.0 Å². The molecular weight excluding hydrogens is 314 g/mol.